The normalized spacial score (nSPS) is 15.1. The van der Waals surface area contributed by atoms with E-state index in [9.17, 15) is 19.2 Å². The van der Waals surface area contributed by atoms with Crippen LogP contribution in [-0.2, 0) is 19.1 Å². The fraction of sp³-hybridized carbons (Fsp3) is 0.238. The Morgan fingerprint density at radius 2 is 1.70 bits per heavy atom. The minimum absolute atomic E-state index is 0.132. The average Bonchev–Trinajstić information content (AvgIpc) is 3.10. The summed E-state index contributed by atoms with van der Waals surface area (Å²) in [5.41, 5.74) is 0.915. The lowest BCUT2D eigenvalue weighted by molar-refractivity contribution is -0.121. The minimum Gasteiger partial charge on any atom is -0.486 e. The first-order chi connectivity index (χ1) is 14.5. The number of imide groups is 1. The van der Waals surface area contributed by atoms with Gasteiger partial charge in [-0.1, -0.05) is 6.07 Å². The molecule has 4 rings (SSSR count). The number of hydrogen-bond acceptors (Lipinski definition) is 7. The zero-order valence-electron chi connectivity index (χ0n) is 15.9. The number of rotatable bonds is 5. The first-order valence-corrected chi connectivity index (χ1v) is 9.34. The molecule has 0 spiro atoms. The number of hydrogen-bond donors (Lipinski definition) is 1. The van der Waals surface area contributed by atoms with Crippen molar-refractivity contribution in [2.75, 3.05) is 30.0 Å². The number of ether oxygens (including phenoxy) is 3. The number of carbonyl (C=O) groups excluding carboxylic acids is 4. The van der Waals surface area contributed by atoms with E-state index in [0.717, 1.165) is 4.90 Å². The Kier molecular flexibility index (Phi) is 5.34. The van der Waals surface area contributed by atoms with Gasteiger partial charge < -0.3 is 19.5 Å². The molecule has 2 aromatic rings. The van der Waals surface area contributed by atoms with Crippen LogP contribution in [-0.4, -0.2) is 43.5 Å². The molecular formula is C21H18N2O7. The van der Waals surface area contributed by atoms with Gasteiger partial charge in [-0.3, -0.25) is 19.3 Å². The van der Waals surface area contributed by atoms with Gasteiger partial charge in [0, 0.05) is 24.6 Å². The second-order valence-electron chi connectivity index (χ2n) is 6.66. The van der Waals surface area contributed by atoms with E-state index in [1.807, 2.05) is 0 Å². The number of fused-ring (bicyclic) bond motifs is 1. The van der Waals surface area contributed by atoms with Gasteiger partial charge in [0.25, 0.3) is 5.91 Å². The van der Waals surface area contributed by atoms with E-state index in [1.165, 1.54) is 12.1 Å². The molecule has 9 heteroatoms. The summed E-state index contributed by atoms with van der Waals surface area (Å²) in [6, 6.07) is 10.9. The maximum atomic E-state index is 12.3. The Morgan fingerprint density at radius 3 is 2.47 bits per heavy atom. The lowest BCUT2D eigenvalue weighted by Crippen LogP contribution is -2.28. The van der Waals surface area contributed by atoms with Gasteiger partial charge in [0.1, 0.15) is 13.2 Å². The molecule has 154 valence electrons. The van der Waals surface area contributed by atoms with Gasteiger partial charge in [-0.2, -0.15) is 0 Å². The smallest absolute Gasteiger partial charge is 0.338 e. The lowest BCUT2D eigenvalue weighted by Gasteiger charge is -2.19. The summed E-state index contributed by atoms with van der Waals surface area (Å²) in [4.78, 5) is 49.2. The lowest BCUT2D eigenvalue weighted by atomic mass is 10.2. The van der Waals surface area contributed by atoms with Crippen LogP contribution >= 0.6 is 0 Å². The molecule has 2 aromatic carbocycles. The second-order valence-corrected chi connectivity index (χ2v) is 6.66. The van der Waals surface area contributed by atoms with E-state index >= 15 is 0 Å². The largest absolute Gasteiger partial charge is 0.486 e. The van der Waals surface area contributed by atoms with Crippen LogP contribution < -0.4 is 19.7 Å². The molecule has 1 N–H and O–H groups in total. The summed E-state index contributed by atoms with van der Waals surface area (Å²) < 4.78 is 15.9. The topological polar surface area (TPSA) is 111 Å². The molecular weight excluding hydrogens is 392 g/mol. The summed E-state index contributed by atoms with van der Waals surface area (Å²) in [6.07, 6.45) is 0.293. The van der Waals surface area contributed by atoms with Gasteiger partial charge >= 0.3 is 5.97 Å². The Hall–Kier alpha value is -3.88. The van der Waals surface area contributed by atoms with Crippen molar-refractivity contribution in [3.8, 4) is 11.5 Å². The highest BCUT2D eigenvalue weighted by atomic mass is 16.6. The average molecular weight is 410 g/mol. The van der Waals surface area contributed by atoms with Crippen molar-refractivity contribution in [1.29, 1.82) is 0 Å². The molecule has 0 saturated carbocycles. The summed E-state index contributed by atoms with van der Waals surface area (Å²) in [6.45, 7) is 0.394. The zero-order chi connectivity index (χ0) is 21.1. The molecule has 0 atom stereocenters. The quantitative estimate of drug-likeness (QED) is 0.592. The first kappa shape index (κ1) is 19.4. The molecule has 0 aromatic heterocycles. The molecule has 2 heterocycles. The maximum Gasteiger partial charge on any atom is 0.338 e. The fourth-order valence-electron chi connectivity index (χ4n) is 3.17. The minimum atomic E-state index is -0.742. The van der Waals surface area contributed by atoms with E-state index in [1.54, 1.807) is 30.3 Å². The van der Waals surface area contributed by atoms with Gasteiger partial charge in [-0.05, 0) is 30.3 Å². The standard InChI is InChI=1S/C21H18N2O7/c24-18(22-14-4-5-16-17(11-14)29-9-8-28-16)12-30-21(27)13-2-1-3-15(10-13)23-19(25)6-7-20(23)26/h1-5,10-11H,6-9,12H2,(H,22,24). The molecule has 2 aliphatic heterocycles. The number of amides is 3. The number of nitrogens with zero attached hydrogens (tertiary/aromatic N) is 1. The van der Waals surface area contributed by atoms with Gasteiger partial charge in [0.05, 0.1) is 11.3 Å². The van der Waals surface area contributed by atoms with Crippen LogP contribution in [0.3, 0.4) is 0 Å². The van der Waals surface area contributed by atoms with E-state index in [4.69, 9.17) is 14.2 Å². The molecule has 0 bridgehead atoms. The fourth-order valence-corrected chi connectivity index (χ4v) is 3.17. The third-order valence-electron chi connectivity index (χ3n) is 4.55. The maximum absolute atomic E-state index is 12.3. The van der Waals surface area contributed by atoms with Crippen molar-refractivity contribution in [3.05, 3.63) is 48.0 Å². The van der Waals surface area contributed by atoms with Gasteiger partial charge in [-0.25, -0.2) is 4.79 Å². The van der Waals surface area contributed by atoms with Crippen LogP contribution in [0.2, 0.25) is 0 Å². The molecule has 0 aliphatic carbocycles. The number of nitrogens with one attached hydrogen (secondary N) is 1. The predicted octanol–water partition coefficient (Wildman–Crippen LogP) is 1.91. The second kappa shape index (κ2) is 8.24. The Morgan fingerprint density at radius 1 is 0.967 bits per heavy atom. The molecule has 0 unspecified atom stereocenters. The van der Waals surface area contributed by atoms with Crippen LogP contribution in [0.1, 0.15) is 23.2 Å². The highest BCUT2D eigenvalue weighted by Gasteiger charge is 2.30. The zero-order valence-corrected chi connectivity index (χ0v) is 15.9. The summed E-state index contributed by atoms with van der Waals surface area (Å²) in [7, 11) is 0. The Balaban J connectivity index is 1.35. The number of esters is 1. The van der Waals surface area contributed by atoms with Gasteiger partial charge in [-0.15, -0.1) is 0 Å². The molecule has 1 fully saturated rings. The van der Waals surface area contributed by atoms with E-state index < -0.39 is 18.5 Å². The van der Waals surface area contributed by atoms with Crippen molar-refractivity contribution in [2.45, 2.75) is 12.8 Å². The van der Waals surface area contributed by atoms with E-state index in [-0.39, 0.29) is 30.2 Å². The highest BCUT2D eigenvalue weighted by molar-refractivity contribution is 6.20. The summed E-state index contributed by atoms with van der Waals surface area (Å²) in [5, 5.41) is 2.62. The van der Waals surface area contributed by atoms with Crippen molar-refractivity contribution in [2.24, 2.45) is 0 Å². The number of anilines is 2. The Bertz CT molecular complexity index is 1020. The third kappa shape index (κ3) is 4.09. The van der Waals surface area contributed by atoms with Crippen LogP contribution in [0.25, 0.3) is 0 Å². The summed E-state index contributed by atoms with van der Waals surface area (Å²) in [5.74, 6) is -0.776. The third-order valence-corrected chi connectivity index (χ3v) is 4.55. The molecule has 1 saturated heterocycles. The van der Waals surface area contributed by atoms with E-state index in [2.05, 4.69) is 5.32 Å². The van der Waals surface area contributed by atoms with Crippen molar-refractivity contribution in [1.82, 2.24) is 0 Å². The van der Waals surface area contributed by atoms with Crippen LogP contribution in [0.15, 0.2) is 42.5 Å². The van der Waals surface area contributed by atoms with Gasteiger partial charge in [0.2, 0.25) is 11.8 Å². The van der Waals surface area contributed by atoms with Crippen LogP contribution in [0.4, 0.5) is 11.4 Å². The molecule has 0 radical (unpaired) electrons. The van der Waals surface area contributed by atoms with Crippen molar-refractivity contribution in [3.63, 3.8) is 0 Å². The predicted molar refractivity (Wildman–Crippen MR) is 105 cm³/mol. The SMILES string of the molecule is O=C(COC(=O)c1cccc(N2C(=O)CCC2=O)c1)Nc1ccc2c(c1)OCCO2. The highest BCUT2D eigenvalue weighted by Crippen LogP contribution is 2.32. The number of carbonyl (C=O) groups is 4. The van der Waals surface area contributed by atoms with Crippen molar-refractivity contribution >= 4 is 35.1 Å². The Labute approximate surface area is 171 Å². The molecule has 3 amide bonds. The number of benzene rings is 2. The molecule has 30 heavy (non-hydrogen) atoms. The summed E-state index contributed by atoms with van der Waals surface area (Å²) >= 11 is 0. The monoisotopic (exact) mass is 410 g/mol. The molecule has 9 nitrogen and oxygen atoms in total. The van der Waals surface area contributed by atoms with Crippen LogP contribution in [0.5, 0.6) is 11.5 Å². The van der Waals surface area contributed by atoms with Gasteiger partial charge in [0.15, 0.2) is 18.1 Å². The van der Waals surface area contributed by atoms with Crippen LogP contribution in [0, 0.1) is 0 Å². The first-order valence-electron chi connectivity index (χ1n) is 9.34. The van der Waals surface area contributed by atoms with Crippen molar-refractivity contribution < 1.29 is 33.4 Å². The van der Waals surface area contributed by atoms with E-state index in [0.29, 0.717) is 36.1 Å². The molecule has 2 aliphatic rings.